The van der Waals surface area contributed by atoms with Crippen LogP contribution in [0.1, 0.15) is 18.9 Å². The molecule has 0 aliphatic carbocycles. The van der Waals surface area contributed by atoms with E-state index in [1.807, 2.05) is 13.0 Å². The third kappa shape index (κ3) is 1.64. The fraction of sp³-hybridized carbons (Fsp3) is 0.444. The smallest absolute Gasteiger partial charge is 0.220 e. The van der Waals surface area contributed by atoms with Crippen molar-refractivity contribution < 1.29 is 4.79 Å². The molecule has 1 fully saturated rings. The first kappa shape index (κ1) is 10.3. The molecule has 1 aliphatic rings. The van der Waals surface area contributed by atoms with Crippen LogP contribution in [0.15, 0.2) is 6.07 Å². The van der Waals surface area contributed by atoms with Crippen LogP contribution in [0, 0.1) is 0 Å². The third-order valence-corrected chi connectivity index (χ3v) is 4.02. The number of nitrogens with one attached hydrogen (secondary N) is 1. The molecule has 0 aromatic carbocycles. The normalized spacial score (nSPS) is 26.6. The summed E-state index contributed by atoms with van der Waals surface area (Å²) in [6.45, 7) is 2.66. The lowest BCUT2D eigenvalue weighted by atomic mass is 9.83. The van der Waals surface area contributed by atoms with Gasteiger partial charge in [-0.05, 0) is 11.6 Å². The van der Waals surface area contributed by atoms with E-state index in [1.54, 1.807) is 0 Å². The second-order valence-corrected chi connectivity index (χ2v) is 6.04. The first-order valence-electron chi connectivity index (χ1n) is 4.23. The van der Waals surface area contributed by atoms with Gasteiger partial charge in [0.25, 0.3) is 0 Å². The SMILES string of the molecule is CC1(c2cc(Cl)sc2Cl)CNC(=O)C1. The summed E-state index contributed by atoms with van der Waals surface area (Å²) < 4.78 is 1.36. The maximum atomic E-state index is 11.2. The number of carbonyl (C=O) groups is 1. The number of thiophene rings is 1. The van der Waals surface area contributed by atoms with Crippen LogP contribution >= 0.6 is 34.5 Å². The summed E-state index contributed by atoms with van der Waals surface area (Å²) in [4.78, 5) is 11.2. The van der Waals surface area contributed by atoms with E-state index in [9.17, 15) is 4.79 Å². The summed E-state index contributed by atoms with van der Waals surface area (Å²) in [7, 11) is 0. The van der Waals surface area contributed by atoms with Gasteiger partial charge in [-0.2, -0.15) is 0 Å². The average Bonchev–Trinajstić information content (AvgIpc) is 2.57. The molecule has 1 aliphatic heterocycles. The highest BCUT2D eigenvalue weighted by atomic mass is 35.5. The standard InChI is InChI=1S/C9H9Cl2NOS/c1-9(3-7(13)12-4-9)5-2-6(10)14-8(5)11/h2H,3-4H2,1H3,(H,12,13). The Bertz CT molecular complexity index is 390. The number of hydrogen-bond donors (Lipinski definition) is 1. The van der Waals surface area contributed by atoms with Crippen LogP contribution in [0.5, 0.6) is 0 Å². The van der Waals surface area contributed by atoms with Crippen LogP contribution in [0.4, 0.5) is 0 Å². The van der Waals surface area contributed by atoms with Crippen LogP contribution in [-0.4, -0.2) is 12.5 Å². The Morgan fingerprint density at radius 3 is 2.71 bits per heavy atom. The Morgan fingerprint density at radius 2 is 2.29 bits per heavy atom. The second-order valence-electron chi connectivity index (χ2n) is 3.75. The summed E-state index contributed by atoms with van der Waals surface area (Å²) in [6.07, 6.45) is 0.486. The van der Waals surface area contributed by atoms with Crippen molar-refractivity contribution in [2.75, 3.05) is 6.54 Å². The summed E-state index contributed by atoms with van der Waals surface area (Å²) >= 11 is 13.3. The van der Waals surface area contributed by atoms with E-state index in [0.717, 1.165) is 5.56 Å². The zero-order valence-corrected chi connectivity index (χ0v) is 9.89. The van der Waals surface area contributed by atoms with Gasteiger partial charge >= 0.3 is 0 Å². The zero-order valence-electron chi connectivity index (χ0n) is 7.56. The Labute approximate surface area is 96.2 Å². The van der Waals surface area contributed by atoms with Crippen molar-refractivity contribution in [3.8, 4) is 0 Å². The van der Waals surface area contributed by atoms with Crippen LogP contribution in [0.3, 0.4) is 0 Å². The fourth-order valence-corrected chi connectivity index (χ4v) is 3.47. The number of amides is 1. The highest BCUT2D eigenvalue weighted by molar-refractivity contribution is 7.20. The van der Waals surface area contributed by atoms with Crippen LogP contribution < -0.4 is 5.32 Å². The van der Waals surface area contributed by atoms with Crippen molar-refractivity contribution in [3.05, 3.63) is 20.3 Å². The minimum atomic E-state index is -0.197. The molecular weight excluding hydrogens is 241 g/mol. The van der Waals surface area contributed by atoms with Crippen molar-refractivity contribution in [2.45, 2.75) is 18.8 Å². The highest BCUT2D eigenvalue weighted by Gasteiger charge is 2.37. The molecule has 1 aromatic heterocycles. The van der Waals surface area contributed by atoms with E-state index in [-0.39, 0.29) is 11.3 Å². The number of carbonyl (C=O) groups excluding carboxylic acids is 1. The molecule has 1 aromatic rings. The van der Waals surface area contributed by atoms with Crippen molar-refractivity contribution >= 4 is 40.4 Å². The maximum absolute atomic E-state index is 11.2. The van der Waals surface area contributed by atoms with Gasteiger partial charge in [0, 0.05) is 18.4 Å². The summed E-state index contributed by atoms with van der Waals surface area (Å²) in [5.74, 6) is 0.0749. The van der Waals surface area contributed by atoms with Crippen molar-refractivity contribution in [1.82, 2.24) is 5.32 Å². The van der Waals surface area contributed by atoms with Gasteiger partial charge in [-0.15, -0.1) is 11.3 Å². The summed E-state index contributed by atoms with van der Waals surface area (Å²) in [5, 5.41) is 2.81. The molecule has 1 saturated heterocycles. The van der Waals surface area contributed by atoms with Crippen LogP contribution in [-0.2, 0) is 10.2 Å². The lowest BCUT2D eigenvalue weighted by Gasteiger charge is -2.20. The topological polar surface area (TPSA) is 29.1 Å². The van der Waals surface area contributed by atoms with Crippen molar-refractivity contribution in [2.24, 2.45) is 0 Å². The Morgan fingerprint density at radius 1 is 1.57 bits per heavy atom. The molecule has 1 amide bonds. The molecule has 76 valence electrons. The summed E-state index contributed by atoms with van der Waals surface area (Å²) in [6, 6.07) is 1.86. The molecule has 0 saturated carbocycles. The lowest BCUT2D eigenvalue weighted by Crippen LogP contribution is -2.24. The number of halogens is 2. The Kier molecular flexibility index (Phi) is 2.50. The van der Waals surface area contributed by atoms with E-state index in [0.29, 0.717) is 21.6 Å². The van der Waals surface area contributed by atoms with E-state index in [1.165, 1.54) is 11.3 Å². The minimum absolute atomic E-state index is 0.0749. The Balaban J connectivity index is 2.39. The molecule has 2 heterocycles. The summed E-state index contributed by atoms with van der Waals surface area (Å²) in [5.41, 5.74) is 0.783. The average molecular weight is 250 g/mol. The highest BCUT2D eigenvalue weighted by Crippen LogP contribution is 2.41. The Hall–Kier alpha value is -0.250. The molecule has 2 nitrogen and oxygen atoms in total. The third-order valence-electron chi connectivity index (χ3n) is 2.53. The van der Waals surface area contributed by atoms with Gasteiger partial charge in [-0.25, -0.2) is 0 Å². The second kappa shape index (κ2) is 3.40. The van der Waals surface area contributed by atoms with Crippen molar-refractivity contribution in [3.63, 3.8) is 0 Å². The minimum Gasteiger partial charge on any atom is -0.355 e. The largest absolute Gasteiger partial charge is 0.355 e. The zero-order chi connectivity index (χ0) is 10.3. The van der Waals surface area contributed by atoms with Gasteiger partial charge in [0.2, 0.25) is 5.91 Å². The van der Waals surface area contributed by atoms with E-state index in [4.69, 9.17) is 23.2 Å². The van der Waals surface area contributed by atoms with Gasteiger partial charge in [-0.1, -0.05) is 30.1 Å². The van der Waals surface area contributed by atoms with Gasteiger partial charge in [0.05, 0.1) is 8.67 Å². The predicted molar refractivity (Wildman–Crippen MR) is 59.3 cm³/mol. The van der Waals surface area contributed by atoms with E-state index in [2.05, 4.69) is 5.32 Å². The van der Waals surface area contributed by atoms with E-state index < -0.39 is 0 Å². The number of rotatable bonds is 1. The van der Waals surface area contributed by atoms with Gasteiger partial charge in [0.1, 0.15) is 0 Å². The van der Waals surface area contributed by atoms with Gasteiger partial charge in [0.15, 0.2) is 0 Å². The molecule has 14 heavy (non-hydrogen) atoms. The maximum Gasteiger partial charge on any atom is 0.220 e. The first-order chi connectivity index (χ1) is 6.51. The fourth-order valence-electron chi connectivity index (χ4n) is 1.72. The van der Waals surface area contributed by atoms with Crippen molar-refractivity contribution in [1.29, 1.82) is 0 Å². The molecule has 1 unspecified atom stereocenters. The number of hydrogen-bond acceptors (Lipinski definition) is 2. The molecule has 1 atom stereocenters. The molecule has 0 spiro atoms. The molecule has 1 N–H and O–H groups in total. The van der Waals surface area contributed by atoms with Gasteiger partial charge in [-0.3, -0.25) is 4.79 Å². The molecule has 0 bridgehead atoms. The monoisotopic (exact) mass is 249 g/mol. The molecule has 5 heteroatoms. The molecule has 0 radical (unpaired) electrons. The van der Waals surface area contributed by atoms with Crippen LogP contribution in [0.25, 0.3) is 0 Å². The predicted octanol–water partition coefficient (Wildman–Crippen LogP) is 2.83. The van der Waals surface area contributed by atoms with E-state index >= 15 is 0 Å². The quantitative estimate of drug-likeness (QED) is 0.815. The van der Waals surface area contributed by atoms with Crippen LogP contribution in [0.2, 0.25) is 8.67 Å². The first-order valence-corrected chi connectivity index (χ1v) is 5.80. The molecular formula is C9H9Cl2NOS. The van der Waals surface area contributed by atoms with Gasteiger partial charge < -0.3 is 5.32 Å². The molecule has 2 rings (SSSR count). The lowest BCUT2D eigenvalue weighted by molar-refractivity contribution is -0.119.